The summed E-state index contributed by atoms with van der Waals surface area (Å²) in [5, 5.41) is 7.15. The van der Waals surface area contributed by atoms with Gasteiger partial charge < -0.3 is 9.84 Å². The summed E-state index contributed by atoms with van der Waals surface area (Å²) in [6.45, 7) is 2.13. The van der Waals surface area contributed by atoms with Gasteiger partial charge in [0.25, 0.3) is 5.91 Å². The van der Waals surface area contributed by atoms with E-state index in [0.29, 0.717) is 11.6 Å². The van der Waals surface area contributed by atoms with E-state index in [9.17, 15) is 4.79 Å². The van der Waals surface area contributed by atoms with Crippen molar-refractivity contribution < 1.29 is 9.32 Å². The number of aromatic nitrogens is 1. The number of amides is 1. The van der Waals surface area contributed by atoms with Gasteiger partial charge in [-0.15, -0.1) is 0 Å². The van der Waals surface area contributed by atoms with Crippen molar-refractivity contribution in [1.29, 1.82) is 0 Å². The number of aryl methyl sites for hydroxylation is 1. The summed E-state index contributed by atoms with van der Waals surface area (Å²) >= 11 is 0. The molecule has 110 valence electrons. The molecule has 0 aromatic carbocycles. The molecule has 1 heterocycles. The second-order valence-electron chi connectivity index (χ2n) is 6.30. The lowest BCUT2D eigenvalue weighted by atomic mass is 9.84. The molecule has 0 spiro atoms. The van der Waals surface area contributed by atoms with Crippen LogP contribution < -0.4 is 5.32 Å². The molecule has 4 heteroatoms. The van der Waals surface area contributed by atoms with Crippen molar-refractivity contribution in [3.8, 4) is 0 Å². The van der Waals surface area contributed by atoms with Crippen LogP contribution in [0.25, 0.3) is 0 Å². The fourth-order valence-electron chi connectivity index (χ4n) is 3.59. The molecule has 1 fully saturated rings. The largest absolute Gasteiger partial charge is 0.360 e. The highest BCUT2D eigenvalue weighted by molar-refractivity contribution is 5.94. The van der Waals surface area contributed by atoms with E-state index in [1.165, 1.54) is 32.1 Å². The van der Waals surface area contributed by atoms with Crippen LogP contribution in [0, 0.1) is 5.92 Å². The Morgan fingerprint density at radius 3 is 2.75 bits per heavy atom. The van der Waals surface area contributed by atoms with Gasteiger partial charge in [-0.05, 0) is 44.9 Å². The fraction of sp³-hybridized carbons (Fsp3) is 0.750. The zero-order valence-corrected chi connectivity index (χ0v) is 12.3. The first kappa shape index (κ1) is 13.7. The van der Waals surface area contributed by atoms with E-state index in [4.69, 9.17) is 4.52 Å². The van der Waals surface area contributed by atoms with Crippen molar-refractivity contribution in [3.63, 3.8) is 0 Å². The summed E-state index contributed by atoms with van der Waals surface area (Å²) in [6.07, 6.45) is 10.5. The Morgan fingerprint density at radius 2 is 1.95 bits per heavy atom. The van der Waals surface area contributed by atoms with Crippen molar-refractivity contribution in [2.45, 2.75) is 70.8 Å². The summed E-state index contributed by atoms with van der Waals surface area (Å²) < 4.78 is 5.32. The van der Waals surface area contributed by atoms with E-state index >= 15 is 0 Å². The maximum atomic E-state index is 12.4. The van der Waals surface area contributed by atoms with Crippen LogP contribution >= 0.6 is 0 Å². The van der Waals surface area contributed by atoms with E-state index in [0.717, 1.165) is 37.0 Å². The van der Waals surface area contributed by atoms with Gasteiger partial charge in [-0.3, -0.25) is 4.79 Å². The number of nitrogens with one attached hydrogen (secondary N) is 1. The highest BCUT2D eigenvalue weighted by atomic mass is 16.5. The zero-order valence-electron chi connectivity index (χ0n) is 12.3. The Kier molecular flexibility index (Phi) is 4.08. The quantitative estimate of drug-likeness (QED) is 0.922. The van der Waals surface area contributed by atoms with Crippen molar-refractivity contribution in [1.82, 2.24) is 10.5 Å². The summed E-state index contributed by atoms with van der Waals surface area (Å²) in [5.74, 6) is 1.50. The van der Waals surface area contributed by atoms with Gasteiger partial charge >= 0.3 is 0 Å². The Labute approximate surface area is 120 Å². The molecule has 1 amide bonds. The smallest absolute Gasteiger partial charge is 0.273 e. The fourth-order valence-corrected chi connectivity index (χ4v) is 3.59. The molecule has 0 bridgehead atoms. The highest BCUT2D eigenvalue weighted by Crippen LogP contribution is 2.27. The van der Waals surface area contributed by atoms with Gasteiger partial charge in [0.15, 0.2) is 5.69 Å². The van der Waals surface area contributed by atoms with Crippen LogP contribution in [0.5, 0.6) is 0 Å². The molecule has 4 nitrogen and oxygen atoms in total. The van der Waals surface area contributed by atoms with Crippen LogP contribution in [0.1, 0.15) is 73.7 Å². The first-order valence-electron chi connectivity index (χ1n) is 8.04. The topological polar surface area (TPSA) is 55.1 Å². The van der Waals surface area contributed by atoms with E-state index in [1.807, 2.05) is 0 Å². The molecule has 1 atom stereocenters. The lowest BCUT2D eigenvalue weighted by Gasteiger charge is -2.28. The number of hydrogen-bond acceptors (Lipinski definition) is 3. The molecule has 3 rings (SSSR count). The van der Waals surface area contributed by atoms with E-state index in [-0.39, 0.29) is 11.9 Å². The third-order valence-corrected chi connectivity index (χ3v) is 4.88. The van der Waals surface area contributed by atoms with Gasteiger partial charge in [0, 0.05) is 18.0 Å². The molecule has 0 aliphatic heterocycles. The van der Waals surface area contributed by atoms with Crippen molar-refractivity contribution in [3.05, 3.63) is 17.0 Å². The van der Waals surface area contributed by atoms with Gasteiger partial charge in [-0.25, -0.2) is 0 Å². The number of carbonyl (C=O) groups excluding carboxylic acids is 1. The summed E-state index contributed by atoms with van der Waals surface area (Å²) in [5.41, 5.74) is 1.58. The lowest BCUT2D eigenvalue weighted by molar-refractivity contribution is 0.0909. The van der Waals surface area contributed by atoms with Crippen molar-refractivity contribution in [2.24, 2.45) is 5.92 Å². The second-order valence-corrected chi connectivity index (χ2v) is 6.30. The Hall–Kier alpha value is -1.32. The average Bonchev–Trinajstić information content (AvgIpc) is 2.92. The monoisotopic (exact) mass is 276 g/mol. The maximum Gasteiger partial charge on any atom is 0.273 e. The minimum atomic E-state index is -0.0463. The van der Waals surface area contributed by atoms with Crippen LogP contribution in [-0.4, -0.2) is 17.1 Å². The van der Waals surface area contributed by atoms with Crippen LogP contribution in [0.15, 0.2) is 4.52 Å². The SMILES string of the molecule is CC(NC(=O)c1noc2c1CCCC2)C1CCCCC1. The molecule has 2 aliphatic rings. The standard InChI is InChI=1S/C16H24N2O2/c1-11(12-7-3-2-4-8-12)17-16(19)15-13-9-5-6-10-14(13)20-18-15/h11-12H,2-10H2,1H3,(H,17,19). The first-order valence-corrected chi connectivity index (χ1v) is 8.04. The normalized spacial score (nSPS) is 21.2. The van der Waals surface area contributed by atoms with E-state index in [1.54, 1.807) is 0 Å². The van der Waals surface area contributed by atoms with Crippen molar-refractivity contribution in [2.75, 3.05) is 0 Å². The molecular weight excluding hydrogens is 252 g/mol. The van der Waals surface area contributed by atoms with Gasteiger partial charge in [0.2, 0.25) is 0 Å². The molecule has 2 aliphatic carbocycles. The van der Waals surface area contributed by atoms with Crippen LogP contribution in [0.3, 0.4) is 0 Å². The van der Waals surface area contributed by atoms with Gasteiger partial charge in [0.05, 0.1) is 0 Å². The molecule has 1 N–H and O–H groups in total. The number of nitrogens with zero attached hydrogens (tertiary/aromatic N) is 1. The third kappa shape index (κ3) is 2.74. The number of rotatable bonds is 3. The maximum absolute atomic E-state index is 12.4. The molecule has 1 aromatic heterocycles. The average molecular weight is 276 g/mol. The summed E-state index contributed by atoms with van der Waals surface area (Å²) in [7, 11) is 0. The predicted molar refractivity (Wildman–Crippen MR) is 76.6 cm³/mol. The lowest BCUT2D eigenvalue weighted by Crippen LogP contribution is -2.39. The van der Waals surface area contributed by atoms with Crippen LogP contribution in [0.4, 0.5) is 0 Å². The number of carbonyl (C=O) groups is 1. The number of fused-ring (bicyclic) bond motifs is 1. The van der Waals surface area contributed by atoms with Crippen LogP contribution in [-0.2, 0) is 12.8 Å². The molecule has 1 aromatic rings. The molecule has 0 saturated heterocycles. The number of hydrogen-bond donors (Lipinski definition) is 1. The van der Waals surface area contributed by atoms with E-state index in [2.05, 4.69) is 17.4 Å². The predicted octanol–water partition coefficient (Wildman–Crippen LogP) is 3.25. The minimum absolute atomic E-state index is 0.0463. The van der Waals surface area contributed by atoms with Crippen molar-refractivity contribution >= 4 is 5.91 Å². The Balaban J connectivity index is 1.65. The summed E-state index contributed by atoms with van der Waals surface area (Å²) in [4.78, 5) is 12.4. The molecule has 0 radical (unpaired) electrons. The minimum Gasteiger partial charge on any atom is -0.360 e. The van der Waals surface area contributed by atoms with Gasteiger partial charge in [-0.2, -0.15) is 0 Å². The zero-order chi connectivity index (χ0) is 13.9. The Bertz CT molecular complexity index is 475. The third-order valence-electron chi connectivity index (χ3n) is 4.88. The molecule has 20 heavy (non-hydrogen) atoms. The molecule has 1 saturated carbocycles. The Morgan fingerprint density at radius 1 is 1.20 bits per heavy atom. The van der Waals surface area contributed by atoms with E-state index < -0.39 is 0 Å². The van der Waals surface area contributed by atoms with Crippen LogP contribution in [0.2, 0.25) is 0 Å². The van der Waals surface area contributed by atoms with Gasteiger partial charge in [0.1, 0.15) is 5.76 Å². The molecular formula is C16H24N2O2. The van der Waals surface area contributed by atoms with Gasteiger partial charge in [-0.1, -0.05) is 24.4 Å². The first-order chi connectivity index (χ1) is 9.75. The second kappa shape index (κ2) is 5.98. The summed E-state index contributed by atoms with van der Waals surface area (Å²) in [6, 6.07) is 0.235. The molecule has 1 unspecified atom stereocenters. The highest BCUT2D eigenvalue weighted by Gasteiger charge is 2.27.